The molecule has 0 bridgehead atoms. The summed E-state index contributed by atoms with van der Waals surface area (Å²) in [6.07, 6.45) is 6.20. The fourth-order valence-electron chi connectivity index (χ4n) is 5.21. The van der Waals surface area contributed by atoms with Crippen molar-refractivity contribution in [1.82, 2.24) is 10.2 Å². The number of sulfonamides is 1. The van der Waals surface area contributed by atoms with Gasteiger partial charge in [0.25, 0.3) is 0 Å². The molecule has 0 unspecified atom stereocenters. The third-order valence-corrected chi connectivity index (χ3v) is 9.22. The quantitative estimate of drug-likeness (QED) is 0.257. The molecule has 0 saturated heterocycles. The van der Waals surface area contributed by atoms with E-state index in [0.717, 1.165) is 48.2 Å². The fraction of sp³-hybridized carbons (Fsp3) is 0.355. The monoisotopic (exact) mass is 649 g/mol. The van der Waals surface area contributed by atoms with Gasteiger partial charge in [0.2, 0.25) is 21.8 Å². The van der Waals surface area contributed by atoms with Crippen molar-refractivity contribution in [2.45, 2.75) is 57.2 Å². The Kier molecular flexibility index (Phi) is 11.2. The lowest BCUT2D eigenvalue weighted by Gasteiger charge is -2.35. The first-order valence-corrected chi connectivity index (χ1v) is 16.8. The number of rotatable bonds is 11. The number of hydrogen-bond acceptors (Lipinski definition) is 4. The van der Waals surface area contributed by atoms with Crippen molar-refractivity contribution in [3.8, 4) is 0 Å². The third-order valence-electron chi connectivity index (χ3n) is 7.32. The van der Waals surface area contributed by atoms with Gasteiger partial charge in [-0.25, -0.2) is 8.42 Å². The van der Waals surface area contributed by atoms with E-state index in [2.05, 4.69) is 5.32 Å². The van der Waals surface area contributed by atoms with E-state index in [4.69, 9.17) is 34.8 Å². The first-order chi connectivity index (χ1) is 20.0. The summed E-state index contributed by atoms with van der Waals surface area (Å²) in [5, 5.41) is 4.07. The van der Waals surface area contributed by atoms with Gasteiger partial charge < -0.3 is 10.2 Å². The van der Waals surface area contributed by atoms with E-state index < -0.39 is 28.5 Å². The molecule has 0 spiro atoms. The van der Waals surface area contributed by atoms with Gasteiger partial charge in [0.05, 0.1) is 17.0 Å². The van der Waals surface area contributed by atoms with Crippen molar-refractivity contribution in [3.63, 3.8) is 0 Å². The SMILES string of the molecule is CS(=O)(=O)N(CC(=O)N(Cc1cccc(Cl)c1)[C@H](Cc1ccccc1)C(=O)NC1CCCCC1)c1ccc(Cl)cc1Cl. The molecule has 1 atom stereocenters. The molecular formula is C31H34Cl3N3O4S. The van der Waals surface area contributed by atoms with Gasteiger partial charge in [-0.1, -0.05) is 96.5 Å². The van der Waals surface area contributed by atoms with E-state index in [1.165, 1.54) is 23.1 Å². The maximum atomic E-state index is 14.2. The van der Waals surface area contributed by atoms with Crippen LogP contribution in [0.15, 0.2) is 72.8 Å². The van der Waals surface area contributed by atoms with Crippen LogP contribution in [0.4, 0.5) is 5.69 Å². The molecular weight excluding hydrogens is 617 g/mol. The van der Waals surface area contributed by atoms with Crippen LogP contribution in [0.3, 0.4) is 0 Å². The van der Waals surface area contributed by atoms with E-state index in [-0.39, 0.29) is 35.6 Å². The maximum Gasteiger partial charge on any atom is 0.244 e. The third kappa shape index (κ3) is 8.86. The summed E-state index contributed by atoms with van der Waals surface area (Å²) in [6.45, 7) is -0.524. The maximum absolute atomic E-state index is 14.2. The highest BCUT2D eigenvalue weighted by molar-refractivity contribution is 7.92. The first kappa shape index (κ1) is 32.1. The van der Waals surface area contributed by atoms with E-state index in [9.17, 15) is 18.0 Å². The molecule has 224 valence electrons. The van der Waals surface area contributed by atoms with E-state index in [0.29, 0.717) is 15.6 Å². The molecule has 4 rings (SSSR count). The summed E-state index contributed by atoms with van der Waals surface area (Å²) in [7, 11) is -3.95. The lowest BCUT2D eigenvalue weighted by Crippen LogP contribution is -2.55. The average Bonchev–Trinajstić information content (AvgIpc) is 2.94. The summed E-state index contributed by atoms with van der Waals surface area (Å²) >= 11 is 18.7. The van der Waals surface area contributed by atoms with Crippen LogP contribution in [0.5, 0.6) is 0 Å². The molecule has 42 heavy (non-hydrogen) atoms. The normalized spacial score (nSPS) is 14.7. The van der Waals surface area contributed by atoms with Crippen molar-refractivity contribution >= 4 is 62.3 Å². The zero-order valence-corrected chi connectivity index (χ0v) is 26.4. The molecule has 0 radical (unpaired) electrons. The molecule has 3 aromatic rings. The Bertz CT molecular complexity index is 1500. The van der Waals surface area contributed by atoms with Crippen LogP contribution in [-0.4, -0.2) is 50.0 Å². The number of halogens is 3. The molecule has 1 fully saturated rings. The van der Waals surface area contributed by atoms with Gasteiger partial charge in [0.1, 0.15) is 12.6 Å². The molecule has 11 heteroatoms. The largest absolute Gasteiger partial charge is 0.352 e. The highest BCUT2D eigenvalue weighted by Crippen LogP contribution is 2.31. The molecule has 7 nitrogen and oxygen atoms in total. The van der Waals surface area contributed by atoms with Gasteiger partial charge in [0.15, 0.2) is 0 Å². The fourth-order valence-corrected chi connectivity index (χ4v) is 6.84. The first-order valence-electron chi connectivity index (χ1n) is 13.8. The van der Waals surface area contributed by atoms with Gasteiger partial charge in [-0.3, -0.25) is 13.9 Å². The van der Waals surface area contributed by atoms with Crippen molar-refractivity contribution in [2.24, 2.45) is 0 Å². The number of benzene rings is 3. The van der Waals surface area contributed by atoms with Gasteiger partial charge in [-0.2, -0.15) is 0 Å². The Morgan fingerprint density at radius 2 is 1.55 bits per heavy atom. The van der Waals surface area contributed by atoms with Gasteiger partial charge in [-0.15, -0.1) is 0 Å². The summed E-state index contributed by atoms with van der Waals surface area (Å²) < 4.78 is 26.9. The Balaban J connectivity index is 1.74. The van der Waals surface area contributed by atoms with Gasteiger partial charge in [-0.05, 0) is 54.3 Å². The molecule has 0 heterocycles. The predicted molar refractivity (Wildman–Crippen MR) is 170 cm³/mol. The highest BCUT2D eigenvalue weighted by atomic mass is 35.5. The van der Waals surface area contributed by atoms with Crippen molar-refractivity contribution in [2.75, 3.05) is 17.1 Å². The van der Waals surface area contributed by atoms with Crippen LogP contribution in [0.2, 0.25) is 15.1 Å². The standard InChI is InChI=1S/C31H34Cl3N3O4S/c1-42(40,41)37(28-16-15-25(33)19-27(28)34)21-30(38)36(20-23-11-8-12-24(32)17-23)29(18-22-9-4-2-5-10-22)31(39)35-26-13-6-3-7-14-26/h2,4-5,8-12,15-17,19,26,29H,3,6-7,13-14,18,20-21H2,1H3,(H,35,39)/t29-/m1/s1. The van der Waals surface area contributed by atoms with Crippen LogP contribution in [0.25, 0.3) is 0 Å². The van der Waals surface area contributed by atoms with Crippen molar-refractivity contribution < 1.29 is 18.0 Å². The molecule has 1 N–H and O–H groups in total. The molecule has 1 aliphatic carbocycles. The molecule has 1 aliphatic rings. The molecule has 1 saturated carbocycles. The molecule has 2 amide bonds. The van der Waals surface area contributed by atoms with Crippen LogP contribution in [-0.2, 0) is 32.6 Å². The lowest BCUT2D eigenvalue weighted by atomic mass is 9.94. The number of hydrogen-bond donors (Lipinski definition) is 1. The summed E-state index contributed by atoms with van der Waals surface area (Å²) in [4.78, 5) is 29.6. The minimum absolute atomic E-state index is 0.0213. The minimum Gasteiger partial charge on any atom is -0.352 e. The summed E-state index contributed by atoms with van der Waals surface area (Å²) in [5.74, 6) is -0.845. The van der Waals surface area contributed by atoms with E-state index in [1.54, 1.807) is 18.2 Å². The van der Waals surface area contributed by atoms with E-state index >= 15 is 0 Å². The Hall–Kier alpha value is -2.78. The highest BCUT2D eigenvalue weighted by Gasteiger charge is 2.34. The number of carbonyl (C=O) groups excluding carboxylic acids is 2. The number of nitrogens with one attached hydrogen (secondary N) is 1. The molecule has 3 aromatic carbocycles. The zero-order valence-electron chi connectivity index (χ0n) is 23.3. The second-order valence-electron chi connectivity index (χ2n) is 10.6. The zero-order chi connectivity index (χ0) is 30.3. The van der Waals surface area contributed by atoms with Crippen LogP contribution < -0.4 is 9.62 Å². The second kappa shape index (κ2) is 14.6. The predicted octanol–water partition coefficient (Wildman–Crippen LogP) is 6.50. The molecule has 0 aromatic heterocycles. The van der Waals surface area contributed by atoms with Crippen LogP contribution >= 0.6 is 34.8 Å². The number of nitrogens with zero attached hydrogens (tertiary/aromatic N) is 2. The number of anilines is 1. The molecule has 0 aliphatic heterocycles. The minimum atomic E-state index is -3.95. The Morgan fingerprint density at radius 1 is 0.881 bits per heavy atom. The number of carbonyl (C=O) groups is 2. The van der Waals surface area contributed by atoms with E-state index in [1.807, 2.05) is 36.4 Å². The topological polar surface area (TPSA) is 86.8 Å². The van der Waals surface area contributed by atoms with Crippen LogP contribution in [0.1, 0.15) is 43.2 Å². The Morgan fingerprint density at radius 3 is 2.19 bits per heavy atom. The Labute approximate surface area is 262 Å². The van der Waals surface area contributed by atoms with Crippen LogP contribution in [0, 0.1) is 0 Å². The summed E-state index contributed by atoms with van der Waals surface area (Å²) in [5.41, 5.74) is 1.69. The summed E-state index contributed by atoms with van der Waals surface area (Å²) in [6, 6.07) is 20.0. The number of amides is 2. The average molecular weight is 651 g/mol. The van der Waals surface area contributed by atoms with Crippen molar-refractivity contribution in [3.05, 3.63) is 99.0 Å². The smallest absolute Gasteiger partial charge is 0.244 e. The lowest BCUT2D eigenvalue weighted by molar-refractivity contribution is -0.140. The second-order valence-corrected chi connectivity index (χ2v) is 13.8. The van der Waals surface area contributed by atoms with Crippen molar-refractivity contribution in [1.29, 1.82) is 0 Å². The van der Waals surface area contributed by atoms with Gasteiger partial charge in [0, 0.05) is 29.1 Å². The van der Waals surface area contributed by atoms with Gasteiger partial charge >= 0.3 is 0 Å².